The fraction of sp³-hybridized carbons (Fsp3) is 0.154. The highest BCUT2D eigenvalue weighted by Gasteiger charge is 2.11. The molecule has 0 spiro atoms. The first-order valence-corrected chi connectivity index (χ1v) is 7.14. The van der Waals surface area contributed by atoms with Crippen LogP contribution in [0.3, 0.4) is 0 Å². The highest BCUT2D eigenvalue weighted by atomic mass is 32.2. The summed E-state index contributed by atoms with van der Waals surface area (Å²) in [5.74, 6) is -2.58. The quantitative estimate of drug-likeness (QED) is 0.579. The van der Waals surface area contributed by atoms with Crippen molar-refractivity contribution in [3.05, 3.63) is 36.4 Å². The number of aromatic nitrogens is 2. The third-order valence-electron chi connectivity index (χ3n) is 2.50. The molecule has 1 aromatic heterocycles. The molecule has 0 saturated heterocycles. The lowest BCUT2D eigenvalue weighted by molar-refractivity contribution is -0.117. The van der Waals surface area contributed by atoms with E-state index in [1.807, 2.05) is 0 Å². The van der Waals surface area contributed by atoms with E-state index in [1.54, 1.807) is 0 Å². The number of carbonyl (C=O) groups is 2. The van der Waals surface area contributed by atoms with Crippen LogP contribution in [0.2, 0.25) is 0 Å². The number of rotatable bonds is 5. The lowest BCUT2D eigenvalue weighted by atomic mass is 10.3. The normalized spacial score (nSPS) is 10.5. The summed E-state index contributed by atoms with van der Waals surface area (Å²) in [5.41, 5.74) is 0.580. The standard InChI is InChI=1S/C13H12F2N4O2S/c1-2-3-16-12(21)19-11(20)6-22-13-17-9-4-7(14)8(15)5-10(9)18-13/h2,4-5H,1,3,6H2,(H,17,18)(H2,16,19,20,21). The van der Waals surface area contributed by atoms with Crippen LogP contribution < -0.4 is 10.6 Å². The first kappa shape index (κ1) is 16.0. The first-order chi connectivity index (χ1) is 10.5. The predicted molar refractivity (Wildman–Crippen MR) is 78.5 cm³/mol. The molecule has 22 heavy (non-hydrogen) atoms. The van der Waals surface area contributed by atoms with Crippen molar-refractivity contribution in [2.24, 2.45) is 0 Å². The van der Waals surface area contributed by atoms with Crippen LogP contribution in [0.25, 0.3) is 11.0 Å². The van der Waals surface area contributed by atoms with E-state index in [9.17, 15) is 18.4 Å². The molecule has 1 aromatic carbocycles. The molecule has 0 bridgehead atoms. The van der Waals surface area contributed by atoms with Gasteiger partial charge in [-0.1, -0.05) is 17.8 Å². The second-order valence-corrected chi connectivity index (χ2v) is 5.13. The van der Waals surface area contributed by atoms with E-state index in [0.29, 0.717) is 10.7 Å². The molecule has 2 rings (SSSR count). The van der Waals surface area contributed by atoms with Crippen molar-refractivity contribution < 1.29 is 18.4 Å². The molecule has 0 atom stereocenters. The average molecular weight is 326 g/mol. The van der Waals surface area contributed by atoms with Gasteiger partial charge in [-0.3, -0.25) is 10.1 Å². The molecule has 2 aromatic rings. The first-order valence-electron chi connectivity index (χ1n) is 6.15. The molecule has 1 heterocycles. The van der Waals surface area contributed by atoms with Gasteiger partial charge in [-0.25, -0.2) is 18.6 Å². The monoisotopic (exact) mass is 326 g/mol. The van der Waals surface area contributed by atoms with Gasteiger partial charge in [0.05, 0.1) is 16.8 Å². The van der Waals surface area contributed by atoms with Gasteiger partial charge in [0, 0.05) is 18.7 Å². The van der Waals surface area contributed by atoms with Gasteiger partial charge in [-0.15, -0.1) is 6.58 Å². The SMILES string of the molecule is C=CCNC(=O)NC(=O)CSc1nc2cc(F)c(F)cc2[nH]1. The minimum absolute atomic E-state index is 0.0771. The van der Waals surface area contributed by atoms with E-state index < -0.39 is 23.6 Å². The van der Waals surface area contributed by atoms with Crippen molar-refractivity contribution in [1.82, 2.24) is 20.6 Å². The molecule has 0 unspecified atom stereocenters. The highest BCUT2D eigenvalue weighted by molar-refractivity contribution is 7.99. The zero-order chi connectivity index (χ0) is 16.1. The number of fused-ring (bicyclic) bond motifs is 1. The van der Waals surface area contributed by atoms with Gasteiger partial charge < -0.3 is 10.3 Å². The van der Waals surface area contributed by atoms with Crippen LogP contribution in [0.1, 0.15) is 0 Å². The number of benzene rings is 1. The van der Waals surface area contributed by atoms with E-state index in [-0.39, 0.29) is 17.8 Å². The molecule has 3 amide bonds. The Balaban J connectivity index is 1.92. The van der Waals surface area contributed by atoms with Gasteiger partial charge in [-0.05, 0) is 0 Å². The molecule has 0 aliphatic heterocycles. The summed E-state index contributed by atoms with van der Waals surface area (Å²) in [6, 6.07) is 1.33. The van der Waals surface area contributed by atoms with Gasteiger partial charge >= 0.3 is 6.03 Å². The number of urea groups is 1. The Kier molecular flexibility index (Phi) is 5.10. The summed E-state index contributed by atoms with van der Waals surface area (Å²) >= 11 is 1.01. The van der Waals surface area contributed by atoms with Gasteiger partial charge in [0.15, 0.2) is 16.8 Å². The van der Waals surface area contributed by atoms with E-state index in [1.165, 1.54) is 6.08 Å². The summed E-state index contributed by atoms with van der Waals surface area (Å²) in [6.45, 7) is 3.67. The van der Waals surface area contributed by atoms with Gasteiger partial charge in [0.1, 0.15) is 0 Å². The van der Waals surface area contributed by atoms with Gasteiger partial charge in [0.2, 0.25) is 5.91 Å². The number of carbonyl (C=O) groups excluding carboxylic acids is 2. The van der Waals surface area contributed by atoms with Gasteiger partial charge in [-0.2, -0.15) is 0 Å². The molecule has 3 N–H and O–H groups in total. The number of imidazole rings is 1. The van der Waals surface area contributed by atoms with Gasteiger partial charge in [0.25, 0.3) is 0 Å². The smallest absolute Gasteiger partial charge is 0.321 e. The topological polar surface area (TPSA) is 86.9 Å². The summed E-state index contributed by atoms with van der Waals surface area (Å²) in [7, 11) is 0. The second-order valence-electron chi connectivity index (χ2n) is 4.16. The lowest BCUT2D eigenvalue weighted by Crippen LogP contribution is -2.40. The molecular formula is C13H12F2N4O2S. The van der Waals surface area contributed by atoms with Crippen molar-refractivity contribution in [3.63, 3.8) is 0 Å². The second kappa shape index (κ2) is 7.03. The lowest BCUT2D eigenvalue weighted by Gasteiger charge is -2.03. The zero-order valence-corrected chi connectivity index (χ0v) is 12.1. The summed E-state index contributed by atoms with van der Waals surface area (Å²) in [4.78, 5) is 29.5. The molecule has 0 aliphatic rings. The molecule has 0 radical (unpaired) electrons. The minimum Gasteiger partial charge on any atom is -0.334 e. The number of H-pyrrole nitrogens is 1. The van der Waals surface area contributed by atoms with Crippen molar-refractivity contribution in [2.45, 2.75) is 5.16 Å². The van der Waals surface area contributed by atoms with Crippen molar-refractivity contribution in [1.29, 1.82) is 0 Å². The predicted octanol–water partition coefficient (Wildman–Crippen LogP) is 1.94. The van der Waals surface area contributed by atoms with Crippen LogP contribution in [-0.4, -0.2) is 34.2 Å². The maximum Gasteiger partial charge on any atom is 0.321 e. The van der Waals surface area contributed by atoms with Crippen LogP contribution in [-0.2, 0) is 4.79 Å². The van der Waals surface area contributed by atoms with Crippen LogP contribution in [0.4, 0.5) is 13.6 Å². The number of nitrogens with zero attached hydrogens (tertiary/aromatic N) is 1. The Morgan fingerprint density at radius 2 is 2.09 bits per heavy atom. The molecule has 9 heteroatoms. The van der Waals surface area contributed by atoms with E-state index in [0.717, 1.165) is 23.9 Å². The van der Waals surface area contributed by atoms with E-state index >= 15 is 0 Å². The number of imide groups is 1. The van der Waals surface area contributed by atoms with E-state index in [4.69, 9.17) is 0 Å². The summed E-state index contributed by atoms with van der Waals surface area (Å²) in [6.07, 6.45) is 1.48. The molecular weight excluding hydrogens is 314 g/mol. The van der Waals surface area contributed by atoms with Crippen LogP contribution >= 0.6 is 11.8 Å². The average Bonchev–Trinajstić information content (AvgIpc) is 2.85. The van der Waals surface area contributed by atoms with Crippen molar-refractivity contribution in [2.75, 3.05) is 12.3 Å². The van der Waals surface area contributed by atoms with Crippen molar-refractivity contribution >= 4 is 34.7 Å². The third-order valence-corrected chi connectivity index (χ3v) is 3.38. The number of hydrogen-bond acceptors (Lipinski definition) is 4. The van der Waals surface area contributed by atoms with E-state index in [2.05, 4.69) is 27.2 Å². The Morgan fingerprint density at radius 3 is 2.82 bits per heavy atom. The molecule has 0 aliphatic carbocycles. The fourth-order valence-corrected chi connectivity index (χ4v) is 2.24. The summed E-state index contributed by atoms with van der Waals surface area (Å²) < 4.78 is 26.1. The zero-order valence-electron chi connectivity index (χ0n) is 11.3. The van der Waals surface area contributed by atoms with Crippen LogP contribution in [0.5, 0.6) is 0 Å². The van der Waals surface area contributed by atoms with Crippen LogP contribution in [0.15, 0.2) is 29.9 Å². The fourth-order valence-electron chi connectivity index (χ4n) is 1.56. The number of aromatic amines is 1. The third kappa shape index (κ3) is 4.04. The number of nitrogens with one attached hydrogen (secondary N) is 3. The Morgan fingerprint density at radius 1 is 1.36 bits per heavy atom. The number of amides is 3. The largest absolute Gasteiger partial charge is 0.334 e. The Hall–Kier alpha value is -2.42. The number of halogens is 2. The number of thioether (sulfide) groups is 1. The summed E-state index contributed by atoms with van der Waals surface area (Å²) in [5, 5.41) is 4.83. The molecule has 0 saturated carbocycles. The Bertz CT molecular complexity index is 693. The maximum atomic E-state index is 13.1. The Labute approximate surface area is 128 Å². The highest BCUT2D eigenvalue weighted by Crippen LogP contribution is 2.21. The maximum absolute atomic E-state index is 13.1. The number of hydrogen-bond donors (Lipinski definition) is 3. The molecule has 0 fully saturated rings. The minimum atomic E-state index is -0.993. The van der Waals surface area contributed by atoms with Crippen molar-refractivity contribution in [3.8, 4) is 0 Å². The van der Waals surface area contributed by atoms with Crippen LogP contribution in [0, 0.1) is 11.6 Å². The molecule has 116 valence electrons. The molecule has 6 nitrogen and oxygen atoms in total.